The van der Waals surface area contributed by atoms with Crippen molar-refractivity contribution in [1.82, 2.24) is 9.97 Å². The van der Waals surface area contributed by atoms with Gasteiger partial charge in [0.15, 0.2) is 5.82 Å². The Morgan fingerprint density at radius 2 is 1.82 bits per heavy atom. The molecule has 2 heterocycles. The van der Waals surface area contributed by atoms with Crippen molar-refractivity contribution >= 4 is 23.3 Å². The number of pyridine rings is 2. The van der Waals surface area contributed by atoms with Gasteiger partial charge in [0, 0.05) is 23.5 Å². The molecule has 0 spiro atoms. The van der Waals surface area contributed by atoms with Crippen LogP contribution in [0.5, 0.6) is 5.75 Å². The van der Waals surface area contributed by atoms with Crippen molar-refractivity contribution in [2.75, 3.05) is 20.3 Å². The number of methoxy groups -OCH3 is 1. The number of carbonyl (C=O) groups excluding carboxylic acids is 1. The first kappa shape index (κ1) is 23.7. The molecule has 0 bridgehead atoms. The van der Waals surface area contributed by atoms with E-state index in [1.807, 2.05) is 37.3 Å². The Hall–Kier alpha value is -3.45. The number of nitrogens with zero attached hydrogens (tertiary/aromatic N) is 2. The number of carbonyl (C=O) groups is 1. The summed E-state index contributed by atoms with van der Waals surface area (Å²) in [6.45, 7) is 5.72. The second-order valence-electron chi connectivity index (χ2n) is 7.59. The molecule has 1 aliphatic carbocycles. The van der Waals surface area contributed by atoms with Gasteiger partial charge in [-0.25, -0.2) is 9.18 Å². The molecule has 6 nitrogen and oxygen atoms in total. The highest BCUT2D eigenvalue weighted by molar-refractivity contribution is 6.32. The number of fused-ring (bicyclic) bond motifs is 1. The highest BCUT2D eigenvalue weighted by Gasteiger charge is 2.40. The first-order valence-corrected chi connectivity index (χ1v) is 11.3. The molecule has 0 amide bonds. The fraction of sp³-hybridized carbons (Fsp3) is 0.269. The van der Waals surface area contributed by atoms with Crippen LogP contribution >= 0.6 is 11.6 Å². The molecule has 3 aromatic rings. The number of allylic oxidation sites excluding steroid dienone is 1. The molecule has 0 N–H and O–H groups in total. The second kappa shape index (κ2) is 9.81. The summed E-state index contributed by atoms with van der Waals surface area (Å²) in [7, 11) is 1.58. The number of hydrogen-bond acceptors (Lipinski definition) is 6. The Kier molecular flexibility index (Phi) is 6.84. The smallest absolute Gasteiger partial charge is 0.340 e. The van der Waals surface area contributed by atoms with E-state index >= 15 is 0 Å². The highest BCUT2D eigenvalue weighted by Crippen LogP contribution is 2.52. The summed E-state index contributed by atoms with van der Waals surface area (Å²) in [6, 6.07) is 7.45. The molecule has 176 valence electrons. The van der Waals surface area contributed by atoms with Gasteiger partial charge in [-0.3, -0.25) is 9.97 Å². The Morgan fingerprint density at radius 1 is 1.12 bits per heavy atom. The molecule has 0 saturated heterocycles. The first-order valence-electron chi connectivity index (χ1n) is 10.9. The molecule has 0 aliphatic heterocycles. The molecule has 34 heavy (non-hydrogen) atoms. The lowest BCUT2D eigenvalue weighted by molar-refractivity contribution is 0.0527. The minimum atomic E-state index is -0.587. The largest absolute Gasteiger partial charge is 0.496 e. The van der Waals surface area contributed by atoms with Crippen LogP contribution in [0.1, 0.15) is 52.6 Å². The molecule has 0 saturated carbocycles. The van der Waals surface area contributed by atoms with Crippen molar-refractivity contribution in [2.24, 2.45) is 0 Å². The quantitative estimate of drug-likeness (QED) is 0.292. The van der Waals surface area contributed by atoms with E-state index in [1.165, 1.54) is 12.4 Å². The van der Waals surface area contributed by atoms with E-state index in [0.717, 1.165) is 16.8 Å². The standard InChI is InChI=1S/C26H24ClFN2O4/c1-5-33-20(17-12-29-14(3)24(28)23(17)27)11-16-22-21(15-9-7-8-10-19(15)32-4)18(13-30-25(16)22)26(31)34-6-2/h7-13,16H,5-6H2,1-4H3/b20-11-. The molecule has 0 radical (unpaired) electrons. The maximum absolute atomic E-state index is 14.4. The third kappa shape index (κ3) is 4.23. The normalized spacial score (nSPS) is 14.4. The summed E-state index contributed by atoms with van der Waals surface area (Å²) < 4.78 is 31.1. The minimum Gasteiger partial charge on any atom is -0.496 e. The fourth-order valence-corrected chi connectivity index (χ4v) is 4.20. The zero-order valence-electron chi connectivity index (χ0n) is 19.3. The molecular weight excluding hydrogens is 459 g/mol. The number of para-hydroxylation sites is 1. The number of ether oxygens (including phenoxy) is 3. The molecule has 1 atom stereocenters. The van der Waals surface area contributed by atoms with Gasteiger partial charge < -0.3 is 14.2 Å². The van der Waals surface area contributed by atoms with Crippen molar-refractivity contribution in [1.29, 1.82) is 0 Å². The van der Waals surface area contributed by atoms with Gasteiger partial charge in [0.1, 0.15) is 11.5 Å². The Labute approximate surface area is 202 Å². The van der Waals surface area contributed by atoms with Crippen LogP contribution in [-0.2, 0) is 9.47 Å². The number of halogens is 2. The Morgan fingerprint density at radius 3 is 2.53 bits per heavy atom. The zero-order chi connectivity index (χ0) is 24.4. The Balaban J connectivity index is 1.86. The molecule has 1 unspecified atom stereocenters. The van der Waals surface area contributed by atoms with Crippen LogP contribution < -0.4 is 4.74 Å². The average molecular weight is 483 g/mol. The minimum absolute atomic E-state index is 0.0537. The van der Waals surface area contributed by atoms with Crippen LogP contribution in [0.15, 0.2) is 42.7 Å². The number of aryl methyl sites for hydroxylation is 1. The predicted octanol–water partition coefficient (Wildman–Crippen LogP) is 5.95. The van der Waals surface area contributed by atoms with Gasteiger partial charge in [-0.05, 0) is 38.5 Å². The van der Waals surface area contributed by atoms with Crippen LogP contribution in [0.2, 0.25) is 5.02 Å². The molecule has 8 heteroatoms. The fourth-order valence-electron chi connectivity index (χ4n) is 3.92. The molecule has 0 fully saturated rings. The van der Waals surface area contributed by atoms with E-state index in [0.29, 0.717) is 34.8 Å². The van der Waals surface area contributed by atoms with E-state index in [-0.39, 0.29) is 23.2 Å². The Bertz CT molecular complexity index is 1290. The third-order valence-electron chi connectivity index (χ3n) is 5.56. The molecule has 4 rings (SSSR count). The van der Waals surface area contributed by atoms with Crippen molar-refractivity contribution < 1.29 is 23.4 Å². The number of hydrogen-bond donors (Lipinski definition) is 0. The highest BCUT2D eigenvalue weighted by atomic mass is 35.5. The third-order valence-corrected chi connectivity index (χ3v) is 5.93. The van der Waals surface area contributed by atoms with Crippen LogP contribution in [-0.4, -0.2) is 36.3 Å². The zero-order valence-corrected chi connectivity index (χ0v) is 20.1. The molecule has 1 aromatic carbocycles. The van der Waals surface area contributed by atoms with Crippen molar-refractivity contribution in [3.05, 3.63) is 81.7 Å². The lowest BCUT2D eigenvalue weighted by Gasteiger charge is -2.13. The van der Waals surface area contributed by atoms with Crippen LogP contribution in [0.4, 0.5) is 4.39 Å². The topological polar surface area (TPSA) is 70.5 Å². The number of rotatable bonds is 8. The average Bonchev–Trinajstić information content (AvgIpc) is 3.54. The summed E-state index contributed by atoms with van der Waals surface area (Å²) in [6.07, 6.45) is 4.84. The van der Waals surface area contributed by atoms with Gasteiger partial charge in [0.2, 0.25) is 0 Å². The van der Waals surface area contributed by atoms with E-state index in [4.69, 9.17) is 25.8 Å². The van der Waals surface area contributed by atoms with Gasteiger partial charge in [0.25, 0.3) is 0 Å². The van der Waals surface area contributed by atoms with Gasteiger partial charge >= 0.3 is 5.97 Å². The van der Waals surface area contributed by atoms with E-state index in [9.17, 15) is 9.18 Å². The number of benzene rings is 1. The molecule has 1 aliphatic rings. The van der Waals surface area contributed by atoms with E-state index < -0.39 is 11.8 Å². The van der Waals surface area contributed by atoms with Crippen molar-refractivity contribution in [3.63, 3.8) is 0 Å². The summed E-state index contributed by atoms with van der Waals surface area (Å²) in [4.78, 5) is 21.4. The van der Waals surface area contributed by atoms with E-state index in [1.54, 1.807) is 21.0 Å². The van der Waals surface area contributed by atoms with Gasteiger partial charge in [0.05, 0.1) is 53.8 Å². The van der Waals surface area contributed by atoms with Gasteiger partial charge in [-0.1, -0.05) is 29.8 Å². The summed E-state index contributed by atoms with van der Waals surface area (Å²) in [5.41, 5.74) is 3.98. The lowest BCUT2D eigenvalue weighted by Crippen LogP contribution is -2.07. The van der Waals surface area contributed by atoms with Crippen LogP contribution in [0.25, 0.3) is 16.9 Å². The van der Waals surface area contributed by atoms with Crippen LogP contribution in [0.3, 0.4) is 0 Å². The summed E-state index contributed by atoms with van der Waals surface area (Å²) >= 11 is 6.28. The van der Waals surface area contributed by atoms with Crippen molar-refractivity contribution in [3.8, 4) is 16.9 Å². The lowest BCUT2D eigenvalue weighted by atomic mass is 9.98. The predicted molar refractivity (Wildman–Crippen MR) is 128 cm³/mol. The summed E-state index contributed by atoms with van der Waals surface area (Å²) in [5.74, 6) is -0.300. The number of aromatic nitrogens is 2. The van der Waals surface area contributed by atoms with Gasteiger partial charge in [-0.15, -0.1) is 0 Å². The molecule has 2 aromatic heterocycles. The monoisotopic (exact) mass is 482 g/mol. The van der Waals surface area contributed by atoms with Gasteiger partial charge in [-0.2, -0.15) is 0 Å². The first-order chi connectivity index (χ1) is 16.4. The second-order valence-corrected chi connectivity index (χ2v) is 7.97. The summed E-state index contributed by atoms with van der Waals surface area (Å²) in [5, 5.41) is -0.0537. The maximum Gasteiger partial charge on any atom is 0.340 e. The van der Waals surface area contributed by atoms with Crippen molar-refractivity contribution in [2.45, 2.75) is 26.7 Å². The van der Waals surface area contributed by atoms with E-state index in [2.05, 4.69) is 9.97 Å². The number of esters is 1. The molecular formula is C26H24ClFN2O4. The SMILES string of the molecule is CCOC(=O)c1cnc2c(c1-c1ccccc1OC)C2/C=C(\OCC)c1cnc(C)c(F)c1Cl. The van der Waals surface area contributed by atoms with Crippen LogP contribution in [0, 0.1) is 12.7 Å². The maximum atomic E-state index is 14.4.